The highest BCUT2D eigenvalue weighted by atomic mass is 19.1. The molecule has 4 rings (SSSR count). The van der Waals surface area contributed by atoms with Gasteiger partial charge < -0.3 is 0 Å². The van der Waals surface area contributed by atoms with Crippen molar-refractivity contribution in [2.75, 3.05) is 13.1 Å². The molecule has 1 aliphatic carbocycles. The zero-order valence-electron chi connectivity index (χ0n) is 14.3. The molecule has 2 aromatic rings. The van der Waals surface area contributed by atoms with Crippen LogP contribution in [-0.4, -0.2) is 18.0 Å². The zero-order valence-corrected chi connectivity index (χ0v) is 14.3. The Kier molecular flexibility index (Phi) is 4.41. The van der Waals surface area contributed by atoms with E-state index in [1.807, 2.05) is 12.1 Å². The summed E-state index contributed by atoms with van der Waals surface area (Å²) in [6, 6.07) is 17.9. The van der Waals surface area contributed by atoms with E-state index in [2.05, 4.69) is 35.2 Å². The molecule has 0 N–H and O–H groups in total. The molecule has 0 bridgehead atoms. The van der Waals surface area contributed by atoms with Crippen molar-refractivity contribution in [2.45, 2.75) is 38.6 Å². The SMILES string of the molecule is Fc1ccc(CC2CCC3(CCN(Cc4ccccc4)C3)C2)cc1. The van der Waals surface area contributed by atoms with Crippen LogP contribution in [0.4, 0.5) is 4.39 Å². The van der Waals surface area contributed by atoms with Crippen molar-refractivity contribution < 1.29 is 4.39 Å². The van der Waals surface area contributed by atoms with E-state index in [1.165, 1.54) is 49.9 Å². The minimum atomic E-state index is -0.131. The second-order valence-electron chi connectivity index (χ2n) is 7.89. The smallest absolute Gasteiger partial charge is 0.123 e. The van der Waals surface area contributed by atoms with Crippen molar-refractivity contribution in [3.05, 3.63) is 71.5 Å². The van der Waals surface area contributed by atoms with Gasteiger partial charge in [-0.1, -0.05) is 42.5 Å². The molecule has 1 heterocycles. The highest BCUT2D eigenvalue weighted by Gasteiger charge is 2.43. The number of hydrogen-bond acceptors (Lipinski definition) is 1. The van der Waals surface area contributed by atoms with E-state index in [9.17, 15) is 4.39 Å². The molecule has 0 radical (unpaired) electrons. The molecule has 1 nitrogen and oxygen atoms in total. The number of benzene rings is 2. The van der Waals surface area contributed by atoms with Crippen LogP contribution in [0.3, 0.4) is 0 Å². The summed E-state index contributed by atoms with van der Waals surface area (Å²) < 4.78 is 13.1. The zero-order chi connectivity index (χ0) is 16.4. The molecule has 1 spiro atoms. The predicted octanol–water partition coefficient (Wildman–Crippen LogP) is 5.06. The van der Waals surface area contributed by atoms with E-state index in [0.29, 0.717) is 5.41 Å². The Bertz CT molecular complexity index is 666. The van der Waals surface area contributed by atoms with Gasteiger partial charge in [-0.25, -0.2) is 4.39 Å². The van der Waals surface area contributed by atoms with E-state index in [4.69, 9.17) is 0 Å². The van der Waals surface area contributed by atoms with Gasteiger partial charge in [0.2, 0.25) is 0 Å². The topological polar surface area (TPSA) is 3.24 Å². The summed E-state index contributed by atoms with van der Waals surface area (Å²) in [4.78, 5) is 2.63. The molecule has 0 aromatic heterocycles. The summed E-state index contributed by atoms with van der Waals surface area (Å²) in [6.45, 7) is 3.57. The molecule has 2 heteroatoms. The second-order valence-corrected chi connectivity index (χ2v) is 7.89. The fraction of sp³-hybridized carbons (Fsp3) is 0.455. The predicted molar refractivity (Wildman–Crippen MR) is 96.2 cm³/mol. The Morgan fingerprint density at radius 1 is 0.958 bits per heavy atom. The van der Waals surface area contributed by atoms with Gasteiger partial charge in [-0.3, -0.25) is 4.90 Å². The van der Waals surface area contributed by atoms with Crippen molar-refractivity contribution in [1.82, 2.24) is 4.90 Å². The number of hydrogen-bond donors (Lipinski definition) is 0. The molecule has 126 valence electrons. The van der Waals surface area contributed by atoms with Crippen LogP contribution in [0.2, 0.25) is 0 Å². The highest BCUT2D eigenvalue weighted by molar-refractivity contribution is 5.18. The lowest BCUT2D eigenvalue weighted by molar-refractivity contribution is 0.249. The van der Waals surface area contributed by atoms with Crippen LogP contribution in [-0.2, 0) is 13.0 Å². The Labute approximate surface area is 144 Å². The van der Waals surface area contributed by atoms with E-state index in [0.717, 1.165) is 18.9 Å². The summed E-state index contributed by atoms with van der Waals surface area (Å²) >= 11 is 0. The number of likely N-dealkylation sites (tertiary alicyclic amines) is 1. The standard InChI is InChI=1S/C22H26FN/c23-21-8-6-18(7-9-21)14-20-10-11-22(15-20)12-13-24(17-22)16-19-4-2-1-3-5-19/h1-9,20H,10-17H2. The highest BCUT2D eigenvalue weighted by Crippen LogP contribution is 2.49. The van der Waals surface area contributed by atoms with E-state index in [1.54, 1.807) is 12.1 Å². The van der Waals surface area contributed by atoms with Crippen LogP contribution in [0.1, 0.15) is 36.8 Å². The van der Waals surface area contributed by atoms with Gasteiger partial charge in [0.15, 0.2) is 0 Å². The van der Waals surface area contributed by atoms with Gasteiger partial charge in [-0.2, -0.15) is 0 Å². The molecular formula is C22H26FN. The van der Waals surface area contributed by atoms with E-state index < -0.39 is 0 Å². The average Bonchev–Trinajstić information content (AvgIpc) is 3.17. The first-order valence-electron chi connectivity index (χ1n) is 9.22. The molecule has 24 heavy (non-hydrogen) atoms. The van der Waals surface area contributed by atoms with E-state index >= 15 is 0 Å². The third-order valence-corrected chi connectivity index (χ3v) is 6.01. The summed E-state index contributed by atoms with van der Waals surface area (Å²) in [7, 11) is 0. The molecule has 1 aliphatic heterocycles. The summed E-state index contributed by atoms with van der Waals surface area (Å²) in [5.41, 5.74) is 3.26. The molecule has 1 saturated carbocycles. The molecule has 2 aliphatic rings. The van der Waals surface area contributed by atoms with E-state index in [-0.39, 0.29) is 5.82 Å². The van der Waals surface area contributed by atoms with Gasteiger partial charge in [-0.15, -0.1) is 0 Å². The monoisotopic (exact) mass is 323 g/mol. The van der Waals surface area contributed by atoms with Gasteiger partial charge >= 0.3 is 0 Å². The van der Waals surface area contributed by atoms with Gasteiger partial charge in [0, 0.05) is 13.1 Å². The number of rotatable bonds is 4. The fourth-order valence-electron chi connectivity index (χ4n) is 4.83. The third-order valence-electron chi connectivity index (χ3n) is 6.01. The molecule has 2 aromatic carbocycles. The van der Waals surface area contributed by atoms with Gasteiger partial charge in [-0.05, 0) is 73.2 Å². The minimum absolute atomic E-state index is 0.131. The molecule has 0 amide bonds. The van der Waals surface area contributed by atoms with Gasteiger partial charge in [0.05, 0.1) is 0 Å². The largest absolute Gasteiger partial charge is 0.299 e. The first kappa shape index (κ1) is 15.8. The average molecular weight is 323 g/mol. The maximum atomic E-state index is 13.1. The van der Waals surface area contributed by atoms with Crippen LogP contribution in [0.5, 0.6) is 0 Å². The maximum Gasteiger partial charge on any atom is 0.123 e. The molecule has 2 unspecified atom stereocenters. The lowest BCUT2D eigenvalue weighted by Gasteiger charge is -2.24. The molecule has 2 fully saturated rings. The quantitative estimate of drug-likeness (QED) is 0.760. The summed E-state index contributed by atoms with van der Waals surface area (Å²) in [5.74, 6) is 0.640. The van der Waals surface area contributed by atoms with Crippen molar-refractivity contribution in [3.8, 4) is 0 Å². The lowest BCUT2D eigenvalue weighted by atomic mass is 9.83. The Morgan fingerprint density at radius 3 is 2.54 bits per heavy atom. The van der Waals surface area contributed by atoms with Crippen molar-refractivity contribution in [2.24, 2.45) is 11.3 Å². The number of nitrogens with zero attached hydrogens (tertiary/aromatic N) is 1. The lowest BCUT2D eigenvalue weighted by Crippen LogP contribution is -2.25. The van der Waals surface area contributed by atoms with Crippen molar-refractivity contribution >= 4 is 0 Å². The normalized spacial score (nSPS) is 27.1. The second kappa shape index (κ2) is 6.68. The maximum absolute atomic E-state index is 13.1. The Morgan fingerprint density at radius 2 is 1.75 bits per heavy atom. The number of halogens is 1. The molecule has 1 saturated heterocycles. The molecular weight excluding hydrogens is 297 g/mol. The molecule has 2 atom stereocenters. The van der Waals surface area contributed by atoms with Gasteiger partial charge in [0.25, 0.3) is 0 Å². The minimum Gasteiger partial charge on any atom is -0.299 e. The Balaban J connectivity index is 1.33. The first-order chi connectivity index (χ1) is 11.7. The Hall–Kier alpha value is -1.67. The van der Waals surface area contributed by atoms with Gasteiger partial charge in [0.1, 0.15) is 5.82 Å². The van der Waals surface area contributed by atoms with Crippen LogP contribution in [0.15, 0.2) is 54.6 Å². The summed E-state index contributed by atoms with van der Waals surface area (Å²) in [6.07, 6.45) is 6.50. The first-order valence-corrected chi connectivity index (χ1v) is 9.22. The van der Waals surface area contributed by atoms with Crippen LogP contribution in [0.25, 0.3) is 0 Å². The summed E-state index contributed by atoms with van der Waals surface area (Å²) in [5, 5.41) is 0. The van der Waals surface area contributed by atoms with Crippen LogP contribution in [0, 0.1) is 17.2 Å². The third kappa shape index (κ3) is 3.54. The fourth-order valence-corrected chi connectivity index (χ4v) is 4.83. The van der Waals surface area contributed by atoms with Crippen LogP contribution < -0.4 is 0 Å². The van der Waals surface area contributed by atoms with Crippen LogP contribution >= 0.6 is 0 Å². The van der Waals surface area contributed by atoms with Crippen molar-refractivity contribution in [1.29, 1.82) is 0 Å². The van der Waals surface area contributed by atoms with Crippen molar-refractivity contribution in [3.63, 3.8) is 0 Å².